The van der Waals surface area contributed by atoms with Gasteiger partial charge in [-0.05, 0) is 129 Å². The fourth-order valence-electron chi connectivity index (χ4n) is 11.4. The van der Waals surface area contributed by atoms with Crippen LogP contribution < -0.4 is 21.8 Å². The zero-order chi connectivity index (χ0) is 39.3. The number of amides is 3. The maximum atomic E-state index is 14.1. The highest BCUT2D eigenvalue weighted by Crippen LogP contribution is 2.66. The molecule has 5 aliphatic rings. The van der Waals surface area contributed by atoms with Crippen molar-refractivity contribution in [2.24, 2.45) is 45.2 Å². The summed E-state index contributed by atoms with van der Waals surface area (Å²) < 4.78 is 11.1. The van der Waals surface area contributed by atoms with E-state index in [1.54, 1.807) is 4.90 Å². The average Bonchev–Trinajstić information content (AvgIpc) is 3.77. The van der Waals surface area contributed by atoms with Crippen LogP contribution >= 0.6 is 0 Å². The van der Waals surface area contributed by atoms with E-state index in [0.717, 1.165) is 56.9 Å². The molecule has 4 saturated carbocycles. The first-order valence-corrected chi connectivity index (χ1v) is 20.3. The number of likely N-dealkylation sites (tertiary alicyclic amines) is 1. The molecule has 15 nitrogen and oxygen atoms in total. The van der Waals surface area contributed by atoms with E-state index in [2.05, 4.69) is 29.5 Å². The number of nitrogens with zero attached hydrogens (tertiary/aromatic N) is 3. The number of carbonyl (C=O) groups excluding carboxylic acids is 4. The van der Waals surface area contributed by atoms with Gasteiger partial charge in [-0.25, -0.2) is 15.0 Å². The maximum Gasteiger partial charge on any atom is 0.408 e. The molecular formula is C40H60N7O8+. The van der Waals surface area contributed by atoms with Crippen LogP contribution in [0.5, 0.6) is 0 Å². The molecule has 6 rings (SSSR count). The van der Waals surface area contributed by atoms with Crippen molar-refractivity contribution in [3.8, 4) is 0 Å². The van der Waals surface area contributed by atoms with Crippen molar-refractivity contribution < 1.29 is 38.9 Å². The molecule has 10 unspecified atom stereocenters. The number of ether oxygens (including phenoxy) is 2. The van der Waals surface area contributed by atoms with Crippen LogP contribution in [0, 0.1) is 39.4 Å². The minimum Gasteiger partial charge on any atom is -0.463 e. The van der Waals surface area contributed by atoms with Crippen molar-refractivity contribution in [2.45, 2.75) is 135 Å². The lowest BCUT2D eigenvalue weighted by Gasteiger charge is -2.61. The second-order valence-corrected chi connectivity index (χ2v) is 17.1. The first kappa shape index (κ1) is 40.2. The Balaban J connectivity index is 1.08. The number of hydrogen-bond donors (Lipinski definition) is 5. The lowest BCUT2D eigenvalue weighted by molar-refractivity contribution is -0.822. The van der Waals surface area contributed by atoms with Crippen LogP contribution in [0.25, 0.3) is 0 Å². The van der Waals surface area contributed by atoms with E-state index in [4.69, 9.17) is 20.4 Å². The van der Waals surface area contributed by atoms with Crippen LogP contribution in [0.4, 0.5) is 4.79 Å². The van der Waals surface area contributed by atoms with Gasteiger partial charge in [0.1, 0.15) is 29.7 Å². The summed E-state index contributed by atoms with van der Waals surface area (Å²) in [5, 5.41) is 14.4. The standard InChI is InChI=1S/C40H59N7O8/c1-25(48)55-28-17-19-39(2)27(23-28)13-14-29-30-15-16-34(40(30,3)20-18-31(29)39)44-35(49)33-12-8-22-46(33)36(50)32(11-7-21-42-37(41)45-47(52)53)43-38(51)54-24-26-9-5-4-6-10-26/h4-6,9-10,27-34H,7-8,11-24H2,1-3H3,(H5-,41,42,43,44,45,49,51,52,53)/p+1. The molecule has 3 amide bonds. The van der Waals surface area contributed by atoms with Gasteiger partial charge in [-0.15, -0.1) is 0 Å². The summed E-state index contributed by atoms with van der Waals surface area (Å²) in [5.74, 6) is 1.36. The number of guanidine groups is 1. The van der Waals surface area contributed by atoms with Crippen LogP contribution in [0.1, 0.15) is 110 Å². The summed E-state index contributed by atoms with van der Waals surface area (Å²) in [4.78, 5) is 69.3. The summed E-state index contributed by atoms with van der Waals surface area (Å²) in [6.45, 7) is 6.90. The number of alkyl carbamates (subject to hydrolysis) is 1. The number of hydrazine groups is 1. The Bertz CT molecular complexity index is 1610. The third kappa shape index (κ3) is 9.01. The summed E-state index contributed by atoms with van der Waals surface area (Å²) in [5.41, 5.74) is 8.52. The molecule has 10 atom stereocenters. The van der Waals surface area contributed by atoms with Gasteiger partial charge in [0, 0.05) is 26.1 Å². The van der Waals surface area contributed by atoms with E-state index in [9.17, 15) is 24.1 Å². The normalized spacial score (nSPS) is 33.3. The van der Waals surface area contributed by atoms with Crippen molar-refractivity contribution in [1.29, 1.82) is 0 Å². The van der Waals surface area contributed by atoms with Gasteiger partial charge in [-0.2, -0.15) is 0 Å². The second-order valence-electron chi connectivity index (χ2n) is 17.1. The highest BCUT2D eigenvalue weighted by molar-refractivity contribution is 5.92. The first-order chi connectivity index (χ1) is 26.3. The van der Waals surface area contributed by atoms with Gasteiger partial charge in [0.15, 0.2) is 0 Å². The number of esters is 1. The molecule has 1 heterocycles. The van der Waals surface area contributed by atoms with Gasteiger partial charge in [-0.1, -0.05) is 44.2 Å². The molecular weight excluding hydrogens is 706 g/mol. The average molecular weight is 767 g/mol. The molecule has 1 aromatic carbocycles. The minimum absolute atomic E-state index is 0.0224. The number of carbonyl (C=O) groups is 4. The molecule has 55 heavy (non-hydrogen) atoms. The summed E-state index contributed by atoms with van der Waals surface area (Å²) in [6, 6.07) is 7.60. The third-order valence-electron chi connectivity index (χ3n) is 14.1. The van der Waals surface area contributed by atoms with E-state index >= 15 is 0 Å². The molecule has 15 heteroatoms. The Morgan fingerprint density at radius 1 is 1.02 bits per heavy atom. The first-order valence-electron chi connectivity index (χ1n) is 20.3. The van der Waals surface area contributed by atoms with Gasteiger partial charge in [0.05, 0.1) is 0 Å². The highest BCUT2D eigenvalue weighted by Gasteiger charge is 2.60. The van der Waals surface area contributed by atoms with E-state index < -0.39 is 23.2 Å². The predicted octanol–water partition coefficient (Wildman–Crippen LogP) is 4.50. The van der Waals surface area contributed by atoms with E-state index in [1.165, 1.54) is 13.3 Å². The van der Waals surface area contributed by atoms with E-state index in [-0.39, 0.29) is 66.3 Å². The monoisotopic (exact) mass is 766 g/mol. The topological polar surface area (TPSA) is 205 Å². The Morgan fingerprint density at radius 3 is 2.51 bits per heavy atom. The zero-order valence-electron chi connectivity index (χ0n) is 32.5. The Hall–Kier alpha value is -4.43. The number of nitrogens with one attached hydrogen (secondary N) is 3. The molecule has 0 bridgehead atoms. The van der Waals surface area contributed by atoms with Crippen LogP contribution in [-0.4, -0.2) is 82.3 Å². The molecule has 1 saturated heterocycles. The van der Waals surface area contributed by atoms with Gasteiger partial charge >= 0.3 is 17.1 Å². The summed E-state index contributed by atoms with van der Waals surface area (Å²) >= 11 is 0. The quantitative estimate of drug-likeness (QED) is 0.0663. The zero-order valence-corrected chi connectivity index (χ0v) is 32.5. The molecule has 0 aromatic heterocycles. The van der Waals surface area contributed by atoms with E-state index in [0.29, 0.717) is 49.5 Å². The SMILES string of the molecule is CC(=O)OC1CCC2(C)C(CCC3C2CCC2(C)C(NC(=O)C4CCCN4C(=O)C(CCCN=C(N)N[N+](=O)O)NC(=O)OCc4ccccc4)CCC32)C1. The van der Waals surface area contributed by atoms with Crippen LogP contribution in [0.2, 0.25) is 0 Å². The van der Waals surface area contributed by atoms with Crippen molar-refractivity contribution in [3.63, 3.8) is 0 Å². The molecule has 1 aromatic rings. The number of benzene rings is 1. The molecule has 302 valence electrons. The lowest BCUT2D eigenvalue weighted by atomic mass is 9.45. The molecule has 0 radical (unpaired) electrons. The lowest BCUT2D eigenvalue weighted by Crippen LogP contribution is -2.58. The van der Waals surface area contributed by atoms with Gasteiger partial charge in [0.25, 0.3) is 5.96 Å². The summed E-state index contributed by atoms with van der Waals surface area (Å²) in [7, 11) is 0. The third-order valence-corrected chi connectivity index (χ3v) is 14.1. The molecule has 4 aliphatic carbocycles. The highest BCUT2D eigenvalue weighted by atomic mass is 16.7. The van der Waals surface area contributed by atoms with E-state index in [1.807, 2.05) is 35.8 Å². The van der Waals surface area contributed by atoms with Crippen molar-refractivity contribution in [3.05, 3.63) is 40.8 Å². The van der Waals surface area contributed by atoms with Crippen molar-refractivity contribution in [1.82, 2.24) is 21.0 Å². The van der Waals surface area contributed by atoms with Crippen LogP contribution in [0.15, 0.2) is 35.3 Å². The van der Waals surface area contributed by atoms with Gasteiger partial charge < -0.3 is 30.7 Å². The number of rotatable bonds is 12. The van der Waals surface area contributed by atoms with Crippen LogP contribution in [-0.2, 0) is 30.5 Å². The number of fused-ring (bicyclic) bond motifs is 5. The minimum atomic E-state index is -0.987. The number of aliphatic imine (C=N–C) groups is 1. The van der Waals surface area contributed by atoms with Crippen molar-refractivity contribution >= 4 is 29.8 Å². The molecule has 0 spiro atoms. The Labute approximate surface area is 323 Å². The second kappa shape index (κ2) is 17.2. The van der Waals surface area contributed by atoms with Crippen molar-refractivity contribution in [2.75, 3.05) is 13.1 Å². The molecule has 1 aliphatic heterocycles. The molecule has 6 N–H and O–H groups in total. The number of hydrogen-bond acceptors (Lipinski definition) is 8. The summed E-state index contributed by atoms with van der Waals surface area (Å²) in [6.07, 6.45) is 10.5. The predicted molar refractivity (Wildman–Crippen MR) is 202 cm³/mol. The molecule has 5 fully saturated rings. The Kier molecular flexibility index (Phi) is 12.5. The fraction of sp³-hybridized carbons (Fsp3) is 0.725. The number of nitrogens with two attached hydrogens (primary N) is 1. The van der Waals surface area contributed by atoms with Crippen LogP contribution in [0.3, 0.4) is 0 Å². The smallest absolute Gasteiger partial charge is 0.408 e. The largest absolute Gasteiger partial charge is 0.463 e. The van der Waals surface area contributed by atoms with Gasteiger partial charge in [-0.3, -0.25) is 14.4 Å². The fourth-order valence-corrected chi connectivity index (χ4v) is 11.4. The Morgan fingerprint density at radius 2 is 1.76 bits per heavy atom. The maximum absolute atomic E-state index is 14.1. The van der Waals surface area contributed by atoms with Gasteiger partial charge in [0.2, 0.25) is 11.8 Å².